The maximum absolute atomic E-state index is 12.3. The highest BCUT2D eigenvalue weighted by Crippen LogP contribution is 2.26. The third kappa shape index (κ3) is 4.53. The van der Waals surface area contributed by atoms with E-state index in [0.717, 1.165) is 42.7 Å². The molecule has 130 valence electrons. The van der Waals surface area contributed by atoms with Gasteiger partial charge in [-0.15, -0.1) is 0 Å². The van der Waals surface area contributed by atoms with E-state index in [1.54, 1.807) is 0 Å². The fourth-order valence-corrected chi connectivity index (χ4v) is 3.48. The lowest BCUT2D eigenvalue weighted by molar-refractivity contribution is -0.117. The highest BCUT2D eigenvalue weighted by molar-refractivity contribution is 5.95. The standard InChI is InChI=1S/C20H28N2O2/c1-21-16-9-7-15(8-10-16)20(23)22-17-11-13-19(14-12-17)24-18-5-3-2-4-6-18/h7,9,11,13,18,21H,2-6,8,10,12,14H2,1H3,(H,22,23). The lowest BCUT2D eigenvalue weighted by Gasteiger charge is -2.26. The summed E-state index contributed by atoms with van der Waals surface area (Å²) in [6.45, 7) is 0. The van der Waals surface area contributed by atoms with Crippen molar-refractivity contribution in [2.24, 2.45) is 0 Å². The minimum Gasteiger partial charge on any atom is -0.495 e. The van der Waals surface area contributed by atoms with Gasteiger partial charge < -0.3 is 15.4 Å². The zero-order valence-corrected chi connectivity index (χ0v) is 14.6. The van der Waals surface area contributed by atoms with Crippen molar-refractivity contribution in [3.63, 3.8) is 0 Å². The summed E-state index contributed by atoms with van der Waals surface area (Å²) in [5, 5.41) is 6.18. The van der Waals surface area contributed by atoms with Gasteiger partial charge in [0.15, 0.2) is 0 Å². The molecule has 2 N–H and O–H groups in total. The number of nitrogens with one attached hydrogen (secondary N) is 2. The molecular formula is C20H28N2O2. The number of hydrogen-bond donors (Lipinski definition) is 2. The Hall–Kier alpha value is -1.97. The van der Waals surface area contributed by atoms with Gasteiger partial charge in [-0.25, -0.2) is 0 Å². The molecule has 3 rings (SSSR count). The second-order valence-electron chi connectivity index (χ2n) is 6.79. The average Bonchev–Trinajstić information content (AvgIpc) is 2.64. The van der Waals surface area contributed by atoms with E-state index < -0.39 is 0 Å². The first-order valence-corrected chi connectivity index (χ1v) is 9.20. The minimum atomic E-state index is 0.0256. The fraction of sp³-hybridized carbons (Fsp3) is 0.550. The van der Waals surface area contributed by atoms with E-state index in [2.05, 4.69) is 10.6 Å². The average molecular weight is 328 g/mol. The van der Waals surface area contributed by atoms with Crippen LogP contribution in [0.1, 0.15) is 57.8 Å². The Morgan fingerprint density at radius 1 is 0.958 bits per heavy atom. The van der Waals surface area contributed by atoms with Gasteiger partial charge in [-0.3, -0.25) is 4.79 Å². The highest BCUT2D eigenvalue weighted by Gasteiger charge is 2.19. The monoisotopic (exact) mass is 328 g/mol. The molecule has 1 amide bonds. The van der Waals surface area contributed by atoms with E-state index in [4.69, 9.17) is 4.74 Å². The zero-order chi connectivity index (χ0) is 16.8. The summed E-state index contributed by atoms with van der Waals surface area (Å²) >= 11 is 0. The van der Waals surface area contributed by atoms with Crippen molar-refractivity contribution >= 4 is 5.91 Å². The van der Waals surface area contributed by atoms with Gasteiger partial charge in [0.05, 0.1) is 11.9 Å². The molecular weight excluding hydrogens is 300 g/mol. The van der Waals surface area contributed by atoms with E-state index in [9.17, 15) is 4.79 Å². The van der Waals surface area contributed by atoms with Gasteiger partial charge in [0.1, 0.15) is 0 Å². The van der Waals surface area contributed by atoms with Gasteiger partial charge in [0, 0.05) is 30.4 Å². The molecule has 0 atom stereocenters. The topological polar surface area (TPSA) is 50.4 Å². The van der Waals surface area contributed by atoms with Crippen LogP contribution in [0.15, 0.2) is 47.0 Å². The van der Waals surface area contributed by atoms with Crippen molar-refractivity contribution in [3.8, 4) is 0 Å². The lowest BCUT2D eigenvalue weighted by Crippen LogP contribution is -2.26. The van der Waals surface area contributed by atoms with Crippen molar-refractivity contribution in [3.05, 3.63) is 47.0 Å². The maximum atomic E-state index is 12.3. The number of carbonyl (C=O) groups is 1. The summed E-state index contributed by atoms with van der Waals surface area (Å²) in [6, 6.07) is 0. The Balaban J connectivity index is 1.52. The van der Waals surface area contributed by atoms with Crippen LogP contribution in [0.5, 0.6) is 0 Å². The Bertz CT molecular complexity index is 593. The Labute approximate surface area is 144 Å². The van der Waals surface area contributed by atoms with Gasteiger partial charge in [0.2, 0.25) is 0 Å². The summed E-state index contributed by atoms with van der Waals surface area (Å²) in [7, 11) is 1.91. The molecule has 3 aliphatic carbocycles. The van der Waals surface area contributed by atoms with Crippen LogP contribution in [-0.4, -0.2) is 19.1 Å². The van der Waals surface area contributed by atoms with Crippen LogP contribution in [-0.2, 0) is 9.53 Å². The minimum absolute atomic E-state index is 0.0256. The second kappa shape index (κ2) is 8.22. The van der Waals surface area contributed by atoms with E-state index in [1.165, 1.54) is 37.8 Å². The molecule has 0 saturated heterocycles. The molecule has 24 heavy (non-hydrogen) atoms. The molecule has 0 spiro atoms. The molecule has 0 unspecified atom stereocenters. The van der Waals surface area contributed by atoms with Gasteiger partial charge in [-0.2, -0.15) is 0 Å². The van der Waals surface area contributed by atoms with Crippen molar-refractivity contribution in [1.82, 2.24) is 10.6 Å². The molecule has 0 bridgehead atoms. The van der Waals surface area contributed by atoms with Crippen molar-refractivity contribution in [2.75, 3.05) is 7.05 Å². The van der Waals surface area contributed by atoms with Gasteiger partial charge in [-0.05, 0) is 63.2 Å². The van der Waals surface area contributed by atoms with Crippen LogP contribution in [0.3, 0.4) is 0 Å². The Morgan fingerprint density at radius 2 is 1.71 bits per heavy atom. The quantitative estimate of drug-likeness (QED) is 0.806. The van der Waals surface area contributed by atoms with E-state index >= 15 is 0 Å². The number of carbonyl (C=O) groups excluding carboxylic acids is 1. The smallest absolute Gasteiger partial charge is 0.251 e. The van der Waals surface area contributed by atoms with Crippen molar-refractivity contribution in [2.45, 2.75) is 63.9 Å². The summed E-state index contributed by atoms with van der Waals surface area (Å²) in [5.41, 5.74) is 3.01. The third-order valence-electron chi connectivity index (χ3n) is 5.02. The van der Waals surface area contributed by atoms with Crippen molar-refractivity contribution in [1.29, 1.82) is 0 Å². The third-order valence-corrected chi connectivity index (χ3v) is 5.02. The Morgan fingerprint density at radius 3 is 2.33 bits per heavy atom. The summed E-state index contributed by atoms with van der Waals surface area (Å²) in [6.07, 6.45) is 18.0. The predicted octanol–water partition coefficient (Wildman–Crippen LogP) is 3.84. The van der Waals surface area contributed by atoms with Crippen LogP contribution in [0, 0.1) is 0 Å². The van der Waals surface area contributed by atoms with Crippen LogP contribution in [0.25, 0.3) is 0 Å². The fourth-order valence-electron chi connectivity index (χ4n) is 3.48. The highest BCUT2D eigenvalue weighted by atomic mass is 16.5. The zero-order valence-electron chi connectivity index (χ0n) is 14.6. The van der Waals surface area contributed by atoms with Crippen LogP contribution < -0.4 is 10.6 Å². The molecule has 4 nitrogen and oxygen atoms in total. The molecule has 0 heterocycles. The maximum Gasteiger partial charge on any atom is 0.251 e. The Kier molecular flexibility index (Phi) is 5.78. The van der Waals surface area contributed by atoms with Gasteiger partial charge in [-0.1, -0.05) is 12.5 Å². The molecule has 1 saturated carbocycles. The normalized spacial score (nSPS) is 21.9. The molecule has 0 aromatic carbocycles. The molecule has 0 aromatic rings. The largest absolute Gasteiger partial charge is 0.495 e. The van der Waals surface area contributed by atoms with Gasteiger partial charge in [0.25, 0.3) is 5.91 Å². The number of ether oxygens (including phenoxy) is 1. The number of hydrogen-bond acceptors (Lipinski definition) is 3. The van der Waals surface area contributed by atoms with E-state index in [-0.39, 0.29) is 5.91 Å². The molecule has 0 aliphatic heterocycles. The first kappa shape index (κ1) is 16.9. The molecule has 1 fully saturated rings. The molecule has 3 aliphatic rings. The summed E-state index contributed by atoms with van der Waals surface area (Å²) < 4.78 is 6.10. The van der Waals surface area contributed by atoms with E-state index in [1.807, 2.05) is 31.4 Å². The predicted molar refractivity (Wildman–Crippen MR) is 96.0 cm³/mol. The van der Waals surface area contributed by atoms with Crippen molar-refractivity contribution < 1.29 is 9.53 Å². The second-order valence-corrected chi connectivity index (χ2v) is 6.79. The SMILES string of the molecule is CNC1=CC=C(C(=O)NC2=CC=C(OC3CCCCC3)CC2)CC1. The number of rotatable bonds is 5. The van der Waals surface area contributed by atoms with Crippen LogP contribution in [0.2, 0.25) is 0 Å². The molecule has 4 heteroatoms. The molecule has 0 aromatic heterocycles. The lowest BCUT2D eigenvalue weighted by atomic mass is 9.97. The number of amides is 1. The summed E-state index contributed by atoms with van der Waals surface area (Å²) in [4.78, 5) is 12.3. The number of allylic oxidation sites excluding steroid dienone is 7. The van der Waals surface area contributed by atoms with Crippen LogP contribution >= 0.6 is 0 Å². The van der Waals surface area contributed by atoms with E-state index in [0.29, 0.717) is 6.10 Å². The van der Waals surface area contributed by atoms with Crippen LogP contribution in [0.4, 0.5) is 0 Å². The molecule has 0 radical (unpaired) electrons. The summed E-state index contributed by atoms with van der Waals surface area (Å²) in [5.74, 6) is 1.09. The first-order chi connectivity index (χ1) is 11.7. The van der Waals surface area contributed by atoms with Gasteiger partial charge >= 0.3 is 0 Å². The first-order valence-electron chi connectivity index (χ1n) is 9.20.